The lowest BCUT2D eigenvalue weighted by Gasteiger charge is -1.99. The Morgan fingerprint density at radius 2 is 2.33 bits per heavy atom. The average Bonchev–Trinajstić information content (AvgIpc) is 1.96. The van der Waals surface area contributed by atoms with Gasteiger partial charge in [0.15, 0.2) is 5.15 Å². The van der Waals surface area contributed by atoms with Crippen LogP contribution in [-0.2, 0) is 0 Å². The Morgan fingerprint density at radius 1 is 1.75 bits per heavy atom. The van der Waals surface area contributed by atoms with Gasteiger partial charge in [-0.3, -0.25) is 10.1 Å². The number of halogens is 1. The molecular weight excluding hydrogens is 182 g/mol. The zero-order valence-corrected chi connectivity index (χ0v) is 7.00. The third-order valence-corrected chi connectivity index (χ3v) is 1.60. The second kappa shape index (κ2) is 2.94. The lowest BCUT2D eigenvalue weighted by molar-refractivity contribution is -0.384. The van der Waals surface area contributed by atoms with E-state index in [0.29, 0.717) is 5.69 Å². The van der Waals surface area contributed by atoms with E-state index in [0.717, 1.165) is 0 Å². The number of rotatable bonds is 1. The molecule has 0 saturated carbocycles. The molecule has 0 bridgehead atoms. The second-order valence-electron chi connectivity index (χ2n) is 2.24. The molecule has 1 aromatic heterocycles. The molecule has 0 atom stereocenters. The fourth-order valence-corrected chi connectivity index (χ4v) is 1.01. The first kappa shape index (κ1) is 8.73. The summed E-state index contributed by atoms with van der Waals surface area (Å²) >= 11 is 5.52. The lowest BCUT2D eigenvalue weighted by Crippen LogP contribution is -1.99. The van der Waals surface area contributed by atoms with Crippen LogP contribution in [0.1, 0.15) is 5.69 Å². The highest BCUT2D eigenvalue weighted by molar-refractivity contribution is 6.32. The van der Waals surface area contributed by atoms with E-state index in [4.69, 9.17) is 17.3 Å². The summed E-state index contributed by atoms with van der Waals surface area (Å²) in [5.41, 5.74) is 5.50. The Kier molecular flexibility index (Phi) is 2.14. The van der Waals surface area contributed by atoms with Crippen molar-refractivity contribution in [1.82, 2.24) is 4.98 Å². The van der Waals surface area contributed by atoms with E-state index in [-0.39, 0.29) is 16.5 Å². The molecule has 0 aromatic carbocycles. The first-order valence-corrected chi connectivity index (χ1v) is 3.47. The summed E-state index contributed by atoms with van der Waals surface area (Å²) in [5.74, 6) is 0. The molecule has 0 aliphatic heterocycles. The molecular formula is C6H6ClN3O2. The predicted octanol–water partition coefficient (Wildman–Crippen LogP) is 1.53. The summed E-state index contributed by atoms with van der Waals surface area (Å²) in [6.45, 7) is 1.61. The standard InChI is InChI=1S/C6H6ClN3O2/c1-3-2-4(10(11)12)5(8)6(7)9-3/h2H,8H2,1H3. The van der Waals surface area contributed by atoms with Gasteiger partial charge in [-0.1, -0.05) is 11.6 Å². The molecule has 5 nitrogen and oxygen atoms in total. The largest absolute Gasteiger partial charge is 0.391 e. The highest BCUT2D eigenvalue weighted by atomic mass is 35.5. The molecule has 0 spiro atoms. The van der Waals surface area contributed by atoms with Crippen LogP contribution in [-0.4, -0.2) is 9.91 Å². The summed E-state index contributed by atoms with van der Waals surface area (Å²) in [6.07, 6.45) is 0. The molecule has 1 rings (SSSR count). The number of anilines is 1. The summed E-state index contributed by atoms with van der Waals surface area (Å²) < 4.78 is 0. The van der Waals surface area contributed by atoms with Crippen LogP contribution < -0.4 is 5.73 Å². The molecule has 0 saturated heterocycles. The van der Waals surface area contributed by atoms with Crippen LogP contribution in [0.3, 0.4) is 0 Å². The van der Waals surface area contributed by atoms with Crippen molar-refractivity contribution in [2.24, 2.45) is 0 Å². The molecule has 0 amide bonds. The SMILES string of the molecule is Cc1cc([N+](=O)[O-])c(N)c(Cl)n1. The average molecular weight is 188 g/mol. The molecule has 1 heterocycles. The van der Waals surface area contributed by atoms with Gasteiger partial charge in [-0.2, -0.15) is 0 Å². The minimum absolute atomic E-state index is 0.0262. The van der Waals surface area contributed by atoms with Gasteiger partial charge in [0, 0.05) is 11.8 Å². The van der Waals surface area contributed by atoms with Crippen molar-refractivity contribution in [2.45, 2.75) is 6.92 Å². The number of aromatic nitrogens is 1. The minimum atomic E-state index is -0.587. The summed E-state index contributed by atoms with van der Waals surface area (Å²) in [5, 5.41) is 10.3. The highest BCUT2D eigenvalue weighted by Gasteiger charge is 2.15. The van der Waals surface area contributed by atoms with E-state index in [1.165, 1.54) is 6.07 Å². The maximum atomic E-state index is 10.4. The number of nitrogens with two attached hydrogens (primary N) is 1. The van der Waals surface area contributed by atoms with Gasteiger partial charge in [0.25, 0.3) is 5.69 Å². The smallest absolute Gasteiger partial charge is 0.297 e. The van der Waals surface area contributed by atoms with Crippen molar-refractivity contribution in [3.63, 3.8) is 0 Å². The van der Waals surface area contributed by atoms with E-state index in [9.17, 15) is 10.1 Å². The molecule has 0 aliphatic rings. The van der Waals surface area contributed by atoms with Crippen LogP contribution in [0, 0.1) is 17.0 Å². The summed E-state index contributed by atoms with van der Waals surface area (Å²) in [6, 6.07) is 1.28. The molecule has 64 valence electrons. The molecule has 12 heavy (non-hydrogen) atoms. The van der Waals surface area contributed by atoms with Gasteiger partial charge in [-0.15, -0.1) is 0 Å². The fraction of sp³-hybridized carbons (Fsp3) is 0.167. The first-order chi connectivity index (χ1) is 5.52. The highest BCUT2D eigenvalue weighted by Crippen LogP contribution is 2.27. The Bertz CT molecular complexity index is 340. The van der Waals surface area contributed by atoms with Gasteiger partial charge in [-0.25, -0.2) is 4.98 Å². The zero-order valence-electron chi connectivity index (χ0n) is 6.24. The predicted molar refractivity (Wildman–Crippen MR) is 45.1 cm³/mol. The number of aryl methyl sites for hydroxylation is 1. The minimum Gasteiger partial charge on any atom is -0.391 e. The van der Waals surface area contributed by atoms with Crippen LogP contribution in [0.15, 0.2) is 6.07 Å². The number of hydrogen-bond donors (Lipinski definition) is 1. The van der Waals surface area contributed by atoms with Gasteiger partial charge in [0.2, 0.25) is 0 Å². The Morgan fingerprint density at radius 3 is 2.83 bits per heavy atom. The van der Waals surface area contributed by atoms with E-state index in [1.54, 1.807) is 6.92 Å². The van der Waals surface area contributed by atoms with Crippen molar-refractivity contribution >= 4 is 23.0 Å². The third kappa shape index (κ3) is 1.45. The number of nitro groups is 1. The van der Waals surface area contributed by atoms with Gasteiger partial charge >= 0.3 is 0 Å². The third-order valence-electron chi connectivity index (χ3n) is 1.32. The quantitative estimate of drug-likeness (QED) is 0.411. The second-order valence-corrected chi connectivity index (χ2v) is 2.60. The van der Waals surface area contributed by atoms with Crippen molar-refractivity contribution in [3.05, 3.63) is 27.0 Å². The number of pyridine rings is 1. The van der Waals surface area contributed by atoms with Crippen LogP contribution in [0.5, 0.6) is 0 Å². The number of nitrogens with zero attached hydrogens (tertiary/aromatic N) is 2. The molecule has 0 aliphatic carbocycles. The van der Waals surface area contributed by atoms with E-state index < -0.39 is 4.92 Å². The zero-order chi connectivity index (χ0) is 9.30. The van der Waals surface area contributed by atoms with Crippen LogP contribution in [0.2, 0.25) is 5.15 Å². The van der Waals surface area contributed by atoms with Crippen molar-refractivity contribution < 1.29 is 4.92 Å². The molecule has 0 unspecified atom stereocenters. The molecule has 2 N–H and O–H groups in total. The van der Waals surface area contributed by atoms with E-state index in [2.05, 4.69) is 4.98 Å². The Balaban J connectivity index is 3.37. The molecule has 0 radical (unpaired) electrons. The van der Waals surface area contributed by atoms with E-state index in [1.807, 2.05) is 0 Å². The molecule has 6 heteroatoms. The normalized spacial score (nSPS) is 9.83. The topological polar surface area (TPSA) is 82.0 Å². The van der Waals surface area contributed by atoms with Gasteiger partial charge < -0.3 is 5.73 Å². The summed E-state index contributed by atoms with van der Waals surface area (Å²) in [4.78, 5) is 13.5. The van der Waals surface area contributed by atoms with Gasteiger partial charge in [-0.05, 0) is 6.92 Å². The number of nitrogen functional groups attached to an aromatic ring is 1. The van der Waals surface area contributed by atoms with Crippen LogP contribution >= 0.6 is 11.6 Å². The van der Waals surface area contributed by atoms with Crippen LogP contribution in [0.4, 0.5) is 11.4 Å². The fourth-order valence-electron chi connectivity index (χ4n) is 0.780. The maximum Gasteiger partial charge on any atom is 0.297 e. The van der Waals surface area contributed by atoms with Gasteiger partial charge in [0.05, 0.1) is 4.92 Å². The van der Waals surface area contributed by atoms with Crippen molar-refractivity contribution in [1.29, 1.82) is 0 Å². The van der Waals surface area contributed by atoms with Gasteiger partial charge in [0.1, 0.15) is 5.69 Å². The lowest BCUT2D eigenvalue weighted by atomic mass is 10.3. The molecule has 1 aromatic rings. The Labute approximate surface area is 73.3 Å². The number of hydrogen-bond acceptors (Lipinski definition) is 4. The monoisotopic (exact) mass is 187 g/mol. The maximum absolute atomic E-state index is 10.4. The Hall–Kier alpha value is -1.36. The summed E-state index contributed by atoms with van der Waals surface area (Å²) in [7, 11) is 0. The van der Waals surface area contributed by atoms with Crippen molar-refractivity contribution in [2.75, 3.05) is 5.73 Å². The van der Waals surface area contributed by atoms with E-state index >= 15 is 0 Å². The molecule has 0 fully saturated rings. The van der Waals surface area contributed by atoms with Crippen molar-refractivity contribution in [3.8, 4) is 0 Å². The van der Waals surface area contributed by atoms with Crippen LogP contribution in [0.25, 0.3) is 0 Å². The first-order valence-electron chi connectivity index (χ1n) is 3.09.